The quantitative estimate of drug-likeness (QED) is 0.177. The van der Waals surface area contributed by atoms with E-state index in [0.29, 0.717) is 6.67 Å². The Hall–Kier alpha value is -6.33. The lowest BCUT2D eigenvalue weighted by Gasteiger charge is -2.29. The summed E-state index contributed by atoms with van der Waals surface area (Å²) in [4.78, 5) is 10.2. The summed E-state index contributed by atoms with van der Waals surface area (Å²) < 4.78 is 9.24. The minimum atomic E-state index is -0.275. The smallest absolute Gasteiger partial charge is 0.137 e. The molecular formula is C51H46N4O. The molecule has 0 saturated heterocycles. The van der Waals surface area contributed by atoms with Gasteiger partial charge in [-0.15, -0.1) is 0 Å². The molecule has 0 radical (unpaired) electrons. The van der Waals surface area contributed by atoms with E-state index >= 15 is 0 Å². The molecule has 3 aliphatic heterocycles. The molecule has 0 amide bonds. The van der Waals surface area contributed by atoms with Crippen LogP contribution in [0.5, 0.6) is 11.5 Å². The van der Waals surface area contributed by atoms with E-state index in [-0.39, 0.29) is 10.8 Å². The molecule has 3 aliphatic rings. The van der Waals surface area contributed by atoms with Crippen LogP contribution in [0.1, 0.15) is 62.4 Å². The van der Waals surface area contributed by atoms with E-state index in [9.17, 15) is 0 Å². The number of aryl methyl sites for hydroxylation is 2. The third kappa shape index (κ3) is 5.64. The summed E-state index contributed by atoms with van der Waals surface area (Å²) in [6, 6.07) is 52.9. The highest BCUT2D eigenvalue weighted by Gasteiger charge is 2.32. The number of nitrogens with zero attached hydrogens (tertiary/aromatic N) is 4. The number of hydrogen-bond donors (Lipinski definition) is 0. The first-order chi connectivity index (χ1) is 27.1. The minimum Gasteiger partial charge on any atom is -0.457 e. The monoisotopic (exact) mass is 730 g/mol. The summed E-state index contributed by atoms with van der Waals surface area (Å²) in [6.45, 7) is 12.2. The Bertz CT molecular complexity index is 2790. The maximum atomic E-state index is 6.92. The van der Waals surface area contributed by atoms with Crippen LogP contribution >= 0.6 is 0 Å². The maximum absolute atomic E-state index is 6.92. The van der Waals surface area contributed by atoms with Crippen molar-refractivity contribution in [3.05, 3.63) is 180 Å². The molecule has 5 heteroatoms. The Morgan fingerprint density at radius 1 is 0.536 bits per heavy atom. The fourth-order valence-corrected chi connectivity index (χ4v) is 8.91. The van der Waals surface area contributed by atoms with Gasteiger partial charge in [-0.05, 0) is 101 Å². The van der Waals surface area contributed by atoms with Crippen molar-refractivity contribution in [2.75, 3.05) is 16.5 Å². The molecule has 276 valence electrons. The third-order valence-electron chi connectivity index (χ3n) is 12.0. The molecule has 2 aromatic heterocycles. The van der Waals surface area contributed by atoms with Crippen molar-refractivity contribution in [3.63, 3.8) is 0 Å². The highest BCUT2D eigenvalue weighted by Crippen LogP contribution is 2.47. The number of ether oxygens (including phenoxy) is 1. The van der Waals surface area contributed by atoms with Gasteiger partial charge < -0.3 is 14.5 Å². The molecule has 6 aromatic carbocycles. The molecule has 56 heavy (non-hydrogen) atoms. The molecule has 0 unspecified atom stereocenters. The molecule has 8 bridgehead atoms. The van der Waals surface area contributed by atoms with Gasteiger partial charge in [0.05, 0.1) is 22.4 Å². The lowest BCUT2D eigenvalue weighted by Crippen LogP contribution is -2.25. The van der Waals surface area contributed by atoms with Crippen molar-refractivity contribution in [2.24, 2.45) is 0 Å². The van der Waals surface area contributed by atoms with Crippen LogP contribution in [0.15, 0.2) is 152 Å². The molecule has 5 heterocycles. The lowest BCUT2D eigenvalue weighted by atomic mass is 9.75. The molecule has 0 aliphatic carbocycles. The molecule has 0 fully saturated rings. The van der Waals surface area contributed by atoms with Crippen molar-refractivity contribution in [2.45, 2.75) is 58.3 Å². The Morgan fingerprint density at radius 2 is 1.21 bits per heavy atom. The first-order valence-electron chi connectivity index (χ1n) is 19.8. The average molecular weight is 731 g/mol. The summed E-state index contributed by atoms with van der Waals surface area (Å²) in [5.74, 6) is 2.51. The van der Waals surface area contributed by atoms with Crippen LogP contribution in [0.2, 0.25) is 0 Å². The van der Waals surface area contributed by atoms with E-state index < -0.39 is 0 Å². The number of hydrogen-bond acceptors (Lipinski definition) is 4. The van der Waals surface area contributed by atoms with Crippen molar-refractivity contribution in [3.8, 4) is 17.3 Å². The Morgan fingerprint density at radius 3 is 2.02 bits per heavy atom. The van der Waals surface area contributed by atoms with Gasteiger partial charge in [-0.2, -0.15) is 0 Å². The van der Waals surface area contributed by atoms with Gasteiger partial charge in [0.15, 0.2) is 0 Å². The first-order valence-corrected chi connectivity index (χ1v) is 19.8. The van der Waals surface area contributed by atoms with E-state index in [1.165, 1.54) is 55.7 Å². The zero-order valence-electron chi connectivity index (χ0n) is 32.8. The number of aromatic nitrogens is 2. The highest BCUT2D eigenvalue weighted by atomic mass is 16.5. The first kappa shape index (κ1) is 34.2. The van der Waals surface area contributed by atoms with Crippen molar-refractivity contribution in [1.82, 2.24) is 9.55 Å². The standard InChI is InChI=1S/C51H46N4O/c1-50(2,3)37-27-38-29-40(28-37)56-39-25-26-42-41-18-10-12-20-45(41)55(48(42)30-39)49-31-43(51(4,5)36-16-7-6-8-17-36)35(32-52-49)24-23-34-15-9-11-19-44(34)54-33-53(38)46-21-13-14-22-47(46)54/h6-22,25-32H,23-24,33H2,1-5H3. The highest BCUT2D eigenvalue weighted by molar-refractivity contribution is 6.09. The maximum Gasteiger partial charge on any atom is 0.137 e. The van der Waals surface area contributed by atoms with Crippen LogP contribution in [0.4, 0.5) is 22.7 Å². The Balaban J connectivity index is 1.24. The summed E-state index contributed by atoms with van der Waals surface area (Å²) in [6.07, 6.45) is 3.88. The average Bonchev–Trinajstić information content (AvgIpc) is 3.76. The van der Waals surface area contributed by atoms with Crippen molar-refractivity contribution < 1.29 is 4.74 Å². The molecule has 11 rings (SSSR count). The largest absolute Gasteiger partial charge is 0.457 e. The van der Waals surface area contributed by atoms with Gasteiger partial charge in [-0.1, -0.05) is 113 Å². The zero-order chi connectivity index (χ0) is 38.2. The SMILES string of the molecule is CC(C)(C)c1cc2cc(c1)N1CN(c3ccccc3CCc3cnc(cc3C(C)(C)c3ccccc3)-n3c4ccccc4c4ccc(cc43)O2)c2ccccc21. The Labute approximate surface area is 329 Å². The predicted molar refractivity (Wildman–Crippen MR) is 232 cm³/mol. The molecular weight excluding hydrogens is 685 g/mol. The van der Waals surface area contributed by atoms with Gasteiger partial charge in [0, 0.05) is 45.9 Å². The summed E-state index contributed by atoms with van der Waals surface area (Å²) in [7, 11) is 0. The fraction of sp³-hybridized carbons (Fsp3) is 0.196. The molecule has 5 nitrogen and oxygen atoms in total. The number of benzene rings is 6. The lowest BCUT2D eigenvalue weighted by molar-refractivity contribution is 0.479. The number of fused-ring (bicyclic) bond motifs is 6. The van der Waals surface area contributed by atoms with E-state index in [1.807, 2.05) is 0 Å². The van der Waals surface area contributed by atoms with E-state index in [0.717, 1.165) is 46.9 Å². The summed E-state index contributed by atoms with van der Waals surface area (Å²) >= 11 is 0. The molecule has 0 atom stereocenters. The second kappa shape index (κ2) is 12.9. The van der Waals surface area contributed by atoms with Gasteiger partial charge >= 0.3 is 0 Å². The second-order valence-electron chi connectivity index (χ2n) is 16.9. The molecule has 8 aromatic rings. The normalized spacial score (nSPS) is 14.0. The van der Waals surface area contributed by atoms with Crippen LogP contribution in [-0.4, -0.2) is 16.2 Å². The van der Waals surface area contributed by atoms with Gasteiger partial charge in [-0.3, -0.25) is 4.57 Å². The van der Waals surface area contributed by atoms with E-state index in [1.54, 1.807) is 0 Å². The number of para-hydroxylation sites is 4. The Kier molecular flexibility index (Phi) is 7.86. The summed E-state index contributed by atoms with van der Waals surface area (Å²) in [5.41, 5.74) is 12.9. The van der Waals surface area contributed by atoms with Crippen LogP contribution in [0.25, 0.3) is 27.6 Å². The molecule has 0 N–H and O–H groups in total. The number of anilines is 4. The summed E-state index contributed by atoms with van der Waals surface area (Å²) in [5, 5.41) is 2.36. The van der Waals surface area contributed by atoms with Crippen LogP contribution in [0.3, 0.4) is 0 Å². The zero-order valence-corrected chi connectivity index (χ0v) is 32.8. The van der Waals surface area contributed by atoms with Gasteiger partial charge in [0.1, 0.15) is 24.0 Å². The van der Waals surface area contributed by atoms with Gasteiger partial charge in [0.2, 0.25) is 0 Å². The molecule has 0 saturated carbocycles. The van der Waals surface area contributed by atoms with Gasteiger partial charge in [0.25, 0.3) is 0 Å². The predicted octanol–water partition coefficient (Wildman–Crippen LogP) is 12.9. The second-order valence-corrected chi connectivity index (χ2v) is 16.9. The number of pyridine rings is 1. The van der Waals surface area contributed by atoms with E-state index in [2.05, 4.69) is 201 Å². The van der Waals surface area contributed by atoms with E-state index in [4.69, 9.17) is 9.72 Å². The van der Waals surface area contributed by atoms with Crippen LogP contribution < -0.4 is 14.5 Å². The van der Waals surface area contributed by atoms with Gasteiger partial charge in [-0.25, -0.2) is 4.98 Å². The minimum absolute atomic E-state index is 0.0891. The van der Waals surface area contributed by atoms with Crippen LogP contribution in [-0.2, 0) is 23.7 Å². The third-order valence-corrected chi connectivity index (χ3v) is 12.0. The van der Waals surface area contributed by atoms with Crippen LogP contribution in [0, 0.1) is 0 Å². The van der Waals surface area contributed by atoms with Crippen molar-refractivity contribution >= 4 is 44.6 Å². The number of rotatable bonds is 2. The molecule has 0 spiro atoms. The fourth-order valence-electron chi connectivity index (χ4n) is 8.91. The van der Waals surface area contributed by atoms with Crippen molar-refractivity contribution in [1.29, 1.82) is 0 Å². The topological polar surface area (TPSA) is 33.5 Å².